The van der Waals surface area contributed by atoms with Gasteiger partial charge in [-0.05, 0) is 37.9 Å². The van der Waals surface area contributed by atoms with Crippen LogP contribution in [0.2, 0.25) is 0 Å². The fourth-order valence-electron chi connectivity index (χ4n) is 0.841. The SMILES string of the molecule is NS(=O)(=O)c1nc(Br)cc(C(F)F)c1Br. The minimum absolute atomic E-state index is 0.0231. The number of aromatic nitrogens is 1. The predicted molar refractivity (Wildman–Crippen MR) is 56.0 cm³/mol. The van der Waals surface area contributed by atoms with Gasteiger partial charge in [-0.1, -0.05) is 0 Å². The first-order valence-corrected chi connectivity index (χ1v) is 6.53. The van der Waals surface area contributed by atoms with E-state index in [9.17, 15) is 17.2 Å². The summed E-state index contributed by atoms with van der Waals surface area (Å²) >= 11 is 5.55. The van der Waals surface area contributed by atoms with Gasteiger partial charge in [0.2, 0.25) is 0 Å². The summed E-state index contributed by atoms with van der Waals surface area (Å²) in [7, 11) is -4.13. The number of sulfonamides is 1. The third-order valence-corrected chi connectivity index (χ3v) is 3.77. The van der Waals surface area contributed by atoms with Gasteiger partial charge in [-0.3, -0.25) is 0 Å². The molecule has 0 aliphatic carbocycles. The van der Waals surface area contributed by atoms with E-state index in [1.807, 2.05) is 0 Å². The van der Waals surface area contributed by atoms with E-state index >= 15 is 0 Å². The summed E-state index contributed by atoms with van der Waals surface area (Å²) in [6.45, 7) is 0. The minimum atomic E-state index is -4.13. The number of halogens is 4. The number of nitrogens with zero attached hydrogens (tertiary/aromatic N) is 1. The van der Waals surface area contributed by atoms with Crippen LogP contribution in [0.4, 0.5) is 8.78 Å². The van der Waals surface area contributed by atoms with E-state index in [1.165, 1.54) is 0 Å². The van der Waals surface area contributed by atoms with Crippen LogP contribution >= 0.6 is 31.9 Å². The van der Waals surface area contributed by atoms with Gasteiger partial charge in [0.25, 0.3) is 16.4 Å². The summed E-state index contributed by atoms with van der Waals surface area (Å²) < 4.78 is 46.6. The Balaban J connectivity index is 3.56. The molecule has 4 nitrogen and oxygen atoms in total. The van der Waals surface area contributed by atoms with Gasteiger partial charge >= 0.3 is 0 Å². The van der Waals surface area contributed by atoms with Crippen LogP contribution in [-0.4, -0.2) is 13.4 Å². The first-order valence-electron chi connectivity index (χ1n) is 3.40. The second-order valence-corrected chi connectivity index (χ2v) is 5.58. The second-order valence-electron chi connectivity index (χ2n) is 2.50. The largest absolute Gasteiger partial charge is 0.265 e. The van der Waals surface area contributed by atoms with Crippen LogP contribution in [0.3, 0.4) is 0 Å². The summed E-state index contributed by atoms with van der Waals surface area (Å²) in [5.74, 6) is 0. The van der Waals surface area contributed by atoms with Gasteiger partial charge in [0.15, 0.2) is 5.03 Å². The highest BCUT2D eigenvalue weighted by molar-refractivity contribution is 9.11. The third kappa shape index (κ3) is 2.92. The van der Waals surface area contributed by atoms with Crippen molar-refractivity contribution in [2.24, 2.45) is 5.14 Å². The number of rotatable bonds is 2. The van der Waals surface area contributed by atoms with E-state index in [2.05, 4.69) is 36.8 Å². The van der Waals surface area contributed by atoms with Crippen molar-refractivity contribution in [3.05, 3.63) is 20.7 Å². The summed E-state index contributed by atoms with van der Waals surface area (Å²) in [5.41, 5.74) is -0.485. The summed E-state index contributed by atoms with van der Waals surface area (Å²) in [6, 6.07) is 1.02. The molecule has 0 aromatic carbocycles. The lowest BCUT2D eigenvalue weighted by molar-refractivity contribution is 0.150. The van der Waals surface area contributed by atoms with Crippen LogP contribution in [0.1, 0.15) is 12.0 Å². The summed E-state index contributed by atoms with van der Waals surface area (Å²) in [6.07, 6.45) is -2.82. The minimum Gasteiger partial charge on any atom is -0.227 e. The molecule has 0 fully saturated rings. The van der Waals surface area contributed by atoms with Gasteiger partial charge in [-0.15, -0.1) is 0 Å². The Labute approximate surface area is 101 Å². The highest BCUT2D eigenvalue weighted by atomic mass is 79.9. The zero-order valence-electron chi connectivity index (χ0n) is 6.92. The quantitative estimate of drug-likeness (QED) is 0.816. The highest BCUT2D eigenvalue weighted by Crippen LogP contribution is 2.32. The predicted octanol–water partition coefficient (Wildman–Crippen LogP) is 2.19. The van der Waals surface area contributed by atoms with Crippen LogP contribution in [0.25, 0.3) is 0 Å². The molecule has 0 saturated heterocycles. The van der Waals surface area contributed by atoms with Crippen molar-refractivity contribution in [1.82, 2.24) is 4.98 Å². The highest BCUT2D eigenvalue weighted by Gasteiger charge is 2.22. The number of hydrogen-bond acceptors (Lipinski definition) is 3. The number of primary sulfonamides is 1. The van der Waals surface area contributed by atoms with Crippen molar-refractivity contribution in [3.8, 4) is 0 Å². The van der Waals surface area contributed by atoms with Gasteiger partial charge in [-0.2, -0.15) is 0 Å². The Hall–Kier alpha value is -0.120. The Kier molecular flexibility index (Phi) is 3.80. The molecule has 0 radical (unpaired) electrons. The molecular formula is C6H4Br2F2N2O2S. The van der Waals surface area contributed by atoms with E-state index in [4.69, 9.17) is 5.14 Å². The van der Waals surface area contributed by atoms with E-state index in [0.717, 1.165) is 6.07 Å². The maximum atomic E-state index is 12.5. The molecule has 0 amide bonds. The lowest BCUT2D eigenvalue weighted by atomic mass is 10.3. The lowest BCUT2D eigenvalue weighted by Crippen LogP contribution is -2.15. The Morgan fingerprint density at radius 1 is 1.40 bits per heavy atom. The van der Waals surface area contributed by atoms with Crippen LogP contribution in [0, 0.1) is 0 Å². The van der Waals surface area contributed by atoms with Crippen molar-refractivity contribution < 1.29 is 17.2 Å². The second kappa shape index (κ2) is 4.40. The van der Waals surface area contributed by atoms with Crippen LogP contribution in [-0.2, 0) is 10.0 Å². The molecule has 15 heavy (non-hydrogen) atoms. The molecule has 1 aromatic heterocycles. The van der Waals surface area contributed by atoms with E-state index in [-0.39, 0.29) is 9.08 Å². The first kappa shape index (κ1) is 12.9. The molecule has 0 saturated carbocycles. The third-order valence-electron chi connectivity index (χ3n) is 1.43. The van der Waals surface area contributed by atoms with Crippen molar-refractivity contribution in [3.63, 3.8) is 0 Å². The topological polar surface area (TPSA) is 73.1 Å². The van der Waals surface area contributed by atoms with E-state index in [1.54, 1.807) is 0 Å². The molecule has 0 unspecified atom stereocenters. The molecule has 1 heterocycles. The Morgan fingerprint density at radius 3 is 2.33 bits per heavy atom. The van der Waals surface area contributed by atoms with Crippen molar-refractivity contribution in [2.75, 3.05) is 0 Å². The van der Waals surface area contributed by atoms with Gasteiger partial charge in [-0.25, -0.2) is 27.3 Å². The van der Waals surface area contributed by atoms with Crippen molar-refractivity contribution in [2.45, 2.75) is 11.5 Å². The molecule has 0 atom stereocenters. The fourth-order valence-corrected chi connectivity index (χ4v) is 3.03. The monoisotopic (exact) mass is 364 g/mol. The van der Waals surface area contributed by atoms with Crippen molar-refractivity contribution in [1.29, 1.82) is 0 Å². The zero-order valence-corrected chi connectivity index (χ0v) is 10.9. The smallest absolute Gasteiger partial charge is 0.227 e. The molecule has 0 aliphatic heterocycles. The van der Waals surface area contributed by atoms with Gasteiger partial charge in [0.1, 0.15) is 4.60 Å². The number of nitrogens with two attached hydrogens (primary N) is 1. The number of alkyl halides is 2. The van der Waals surface area contributed by atoms with Crippen LogP contribution in [0.15, 0.2) is 20.2 Å². The average molecular weight is 366 g/mol. The van der Waals surface area contributed by atoms with Gasteiger partial charge < -0.3 is 0 Å². The molecule has 0 spiro atoms. The molecule has 84 valence electrons. The number of hydrogen-bond donors (Lipinski definition) is 1. The summed E-state index contributed by atoms with van der Waals surface area (Å²) in [4.78, 5) is 3.51. The van der Waals surface area contributed by atoms with Crippen LogP contribution < -0.4 is 5.14 Å². The average Bonchev–Trinajstić information content (AvgIpc) is 2.06. The molecular weight excluding hydrogens is 362 g/mol. The standard InChI is InChI=1S/C6H4Br2F2N2O2S/c7-3-1-2(5(9)10)4(8)6(12-3)15(11,13)14/h1,5H,(H2,11,13,14). The van der Waals surface area contributed by atoms with E-state index in [0.29, 0.717) is 0 Å². The van der Waals surface area contributed by atoms with Gasteiger partial charge in [0, 0.05) is 5.56 Å². The zero-order chi connectivity index (χ0) is 11.8. The first-order chi connectivity index (χ1) is 6.73. The molecule has 2 N–H and O–H groups in total. The fraction of sp³-hybridized carbons (Fsp3) is 0.167. The van der Waals surface area contributed by atoms with E-state index < -0.39 is 27.0 Å². The van der Waals surface area contributed by atoms with Crippen molar-refractivity contribution >= 4 is 41.9 Å². The maximum Gasteiger partial charge on any atom is 0.265 e. The molecule has 0 aliphatic rings. The normalized spacial score (nSPS) is 12.1. The Morgan fingerprint density at radius 2 is 1.93 bits per heavy atom. The number of pyridine rings is 1. The molecule has 1 rings (SSSR count). The Bertz CT molecular complexity index is 492. The molecule has 0 bridgehead atoms. The molecule has 1 aromatic rings. The molecule has 9 heteroatoms. The lowest BCUT2D eigenvalue weighted by Gasteiger charge is -2.07. The van der Waals surface area contributed by atoms with Crippen LogP contribution in [0.5, 0.6) is 0 Å². The van der Waals surface area contributed by atoms with Gasteiger partial charge in [0.05, 0.1) is 4.47 Å². The summed E-state index contributed by atoms with van der Waals surface area (Å²) in [5, 5.41) is 4.19. The maximum absolute atomic E-state index is 12.5.